The number of pyridine rings is 1. The Morgan fingerprint density at radius 2 is 2.19 bits per heavy atom. The first-order valence-electron chi connectivity index (χ1n) is 6.99. The van der Waals surface area contributed by atoms with Crippen LogP contribution in [0.25, 0.3) is 6.20 Å². The summed E-state index contributed by atoms with van der Waals surface area (Å²) in [5.41, 5.74) is 7.05. The van der Waals surface area contributed by atoms with Crippen molar-refractivity contribution in [2.75, 3.05) is 4.90 Å². The number of hydrogen-bond acceptors (Lipinski definition) is 4. The number of aromatic nitrogens is 1. The molecule has 21 heavy (non-hydrogen) atoms. The topological polar surface area (TPSA) is 54.5 Å². The Labute approximate surface area is 122 Å². The molecule has 1 aromatic heterocycles. The summed E-state index contributed by atoms with van der Waals surface area (Å²) < 4.78 is 14.0. The molecular weight excluding hydrogens is 267 g/mol. The zero-order chi connectivity index (χ0) is 14.8. The molecule has 2 atom stereocenters. The zero-order valence-corrected chi connectivity index (χ0v) is 11.8. The van der Waals surface area contributed by atoms with Crippen LogP contribution in [-0.4, -0.2) is 17.2 Å². The van der Waals surface area contributed by atoms with Crippen LogP contribution >= 0.6 is 0 Å². The van der Waals surface area contributed by atoms with Gasteiger partial charge in [-0.1, -0.05) is 13.0 Å². The van der Waals surface area contributed by atoms with E-state index in [4.69, 9.17) is 5.73 Å². The van der Waals surface area contributed by atoms with Gasteiger partial charge in [0, 0.05) is 18.4 Å². The van der Waals surface area contributed by atoms with Gasteiger partial charge in [-0.25, -0.2) is 4.39 Å². The first-order valence-corrected chi connectivity index (χ1v) is 6.99. The average molecular weight is 284 g/mol. The van der Waals surface area contributed by atoms with E-state index < -0.39 is 0 Å². The Morgan fingerprint density at radius 3 is 2.90 bits per heavy atom. The van der Waals surface area contributed by atoms with E-state index in [1.807, 2.05) is 30.0 Å². The maximum absolute atomic E-state index is 14.0. The van der Waals surface area contributed by atoms with Gasteiger partial charge in [-0.05, 0) is 30.7 Å². The maximum atomic E-state index is 14.0. The van der Waals surface area contributed by atoms with Crippen molar-refractivity contribution in [3.05, 3.63) is 59.1 Å². The van der Waals surface area contributed by atoms with Crippen molar-refractivity contribution in [3.8, 4) is 0 Å². The molecule has 2 heterocycles. The molecule has 1 aliphatic rings. The van der Waals surface area contributed by atoms with Crippen molar-refractivity contribution in [1.82, 2.24) is 4.98 Å². The number of hydrogen-bond donors (Lipinski definition) is 1. The molecule has 2 aromatic rings. The van der Waals surface area contributed by atoms with E-state index >= 15 is 0 Å². The van der Waals surface area contributed by atoms with Gasteiger partial charge in [0.15, 0.2) is 0 Å². The summed E-state index contributed by atoms with van der Waals surface area (Å²) in [5.74, 6) is -0.284. The van der Waals surface area contributed by atoms with Gasteiger partial charge in [-0.15, -0.1) is 0 Å². The third-order valence-corrected chi connectivity index (χ3v) is 3.65. The average Bonchev–Trinajstić information content (AvgIpc) is 2.54. The number of fused-ring (bicyclic) bond motifs is 1. The quantitative estimate of drug-likeness (QED) is 0.920. The van der Waals surface area contributed by atoms with Crippen molar-refractivity contribution >= 4 is 11.9 Å². The van der Waals surface area contributed by atoms with Crippen molar-refractivity contribution in [2.45, 2.75) is 25.6 Å². The summed E-state index contributed by atoms with van der Waals surface area (Å²) in [4.78, 5) is 10.7. The number of anilines is 1. The number of nitrogens with two attached hydrogens (primary N) is 1. The molecule has 2 N–H and O–H groups in total. The van der Waals surface area contributed by atoms with Crippen LogP contribution in [0.4, 0.5) is 10.1 Å². The van der Waals surface area contributed by atoms with Gasteiger partial charge in [0.25, 0.3) is 0 Å². The predicted octanol–water partition coefficient (Wildman–Crippen LogP) is 1.16. The van der Waals surface area contributed by atoms with Crippen LogP contribution in [0.5, 0.6) is 0 Å². The molecule has 0 amide bonds. The zero-order valence-electron chi connectivity index (χ0n) is 11.8. The highest BCUT2D eigenvalue weighted by Crippen LogP contribution is 2.20. The Morgan fingerprint density at radius 1 is 1.33 bits per heavy atom. The van der Waals surface area contributed by atoms with Gasteiger partial charge in [-0.2, -0.15) is 0 Å². The van der Waals surface area contributed by atoms with Crippen LogP contribution in [0.2, 0.25) is 0 Å². The first kappa shape index (κ1) is 13.7. The Bertz CT molecular complexity index is 745. The van der Waals surface area contributed by atoms with E-state index in [-0.39, 0.29) is 18.0 Å². The summed E-state index contributed by atoms with van der Waals surface area (Å²) in [7, 11) is 0. The molecule has 1 aliphatic heterocycles. The number of rotatable bonds is 3. The first-order chi connectivity index (χ1) is 10.2. The molecule has 5 heteroatoms. The highest BCUT2D eigenvalue weighted by atomic mass is 19.1. The lowest BCUT2D eigenvalue weighted by molar-refractivity contribution is 0.506. The van der Waals surface area contributed by atoms with Crippen LogP contribution in [0.3, 0.4) is 0 Å². The minimum absolute atomic E-state index is 0.141. The lowest BCUT2D eigenvalue weighted by atomic mass is 10.1. The van der Waals surface area contributed by atoms with E-state index in [0.29, 0.717) is 10.6 Å². The number of benzene rings is 1. The number of nitrogens with zero attached hydrogens (tertiary/aromatic N) is 3. The standard InChI is InChI=1S/C16H17FN4/c1-2-14(18)16-20-15-7-3-6-13(17)12(15)10-21(16)11-5-4-8-19-9-11/h3-10,14,16H,2,18H2,1H3/t14?,16-/m1/s1. The van der Waals surface area contributed by atoms with E-state index in [9.17, 15) is 4.39 Å². The van der Waals surface area contributed by atoms with Gasteiger partial charge >= 0.3 is 0 Å². The van der Waals surface area contributed by atoms with Crippen molar-refractivity contribution in [3.63, 3.8) is 0 Å². The van der Waals surface area contributed by atoms with E-state index in [1.165, 1.54) is 6.07 Å². The maximum Gasteiger partial charge on any atom is 0.140 e. The molecule has 0 saturated carbocycles. The van der Waals surface area contributed by atoms with Crippen molar-refractivity contribution < 1.29 is 4.39 Å². The molecule has 3 rings (SSSR count). The summed E-state index contributed by atoms with van der Waals surface area (Å²) in [6.45, 7) is 2.02. The summed E-state index contributed by atoms with van der Waals surface area (Å²) in [6, 6.07) is 8.53. The van der Waals surface area contributed by atoms with Crippen LogP contribution in [0.15, 0.2) is 47.7 Å². The largest absolute Gasteiger partial charge is 0.324 e. The Kier molecular flexibility index (Phi) is 3.66. The van der Waals surface area contributed by atoms with E-state index in [2.05, 4.69) is 9.98 Å². The highest BCUT2D eigenvalue weighted by Gasteiger charge is 2.25. The lowest BCUT2D eigenvalue weighted by Gasteiger charge is -2.33. The van der Waals surface area contributed by atoms with Crippen molar-refractivity contribution in [1.29, 1.82) is 0 Å². The molecule has 1 aromatic carbocycles. The van der Waals surface area contributed by atoms with E-state index in [1.54, 1.807) is 24.7 Å². The summed E-state index contributed by atoms with van der Waals surface area (Å²) in [6.07, 6.45) is 5.73. The second-order valence-electron chi connectivity index (χ2n) is 5.04. The summed E-state index contributed by atoms with van der Waals surface area (Å²) in [5, 5.41) is 1.13. The predicted molar refractivity (Wildman–Crippen MR) is 80.4 cm³/mol. The smallest absolute Gasteiger partial charge is 0.140 e. The highest BCUT2D eigenvalue weighted by molar-refractivity contribution is 5.59. The third kappa shape index (κ3) is 2.52. The number of halogens is 1. The Balaban J connectivity index is 2.18. The second kappa shape index (κ2) is 5.61. The molecule has 108 valence electrons. The normalized spacial score (nSPS) is 18.4. The van der Waals surface area contributed by atoms with Crippen LogP contribution in [-0.2, 0) is 0 Å². The molecule has 4 nitrogen and oxygen atoms in total. The molecule has 1 unspecified atom stereocenters. The third-order valence-electron chi connectivity index (χ3n) is 3.65. The van der Waals surface area contributed by atoms with Crippen LogP contribution in [0, 0.1) is 5.82 Å². The second-order valence-corrected chi connectivity index (χ2v) is 5.04. The lowest BCUT2D eigenvalue weighted by Crippen LogP contribution is -2.51. The van der Waals surface area contributed by atoms with Gasteiger partial charge in [0.05, 0.1) is 22.5 Å². The minimum Gasteiger partial charge on any atom is -0.324 e. The molecule has 0 spiro atoms. The van der Waals surface area contributed by atoms with Gasteiger partial charge in [-0.3, -0.25) is 9.98 Å². The monoisotopic (exact) mass is 284 g/mol. The molecule has 0 radical (unpaired) electrons. The molecule has 0 aliphatic carbocycles. The molecule has 0 bridgehead atoms. The fourth-order valence-electron chi connectivity index (χ4n) is 2.43. The van der Waals surface area contributed by atoms with E-state index in [0.717, 1.165) is 12.1 Å². The van der Waals surface area contributed by atoms with Gasteiger partial charge in [0.2, 0.25) is 0 Å². The van der Waals surface area contributed by atoms with Crippen molar-refractivity contribution in [2.24, 2.45) is 10.7 Å². The fraction of sp³-hybridized carbons (Fsp3) is 0.250. The molecule has 0 saturated heterocycles. The van der Waals surface area contributed by atoms with Gasteiger partial charge < -0.3 is 10.6 Å². The van der Waals surface area contributed by atoms with Gasteiger partial charge in [0.1, 0.15) is 12.0 Å². The van der Waals surface area contributed by atoms with Crippen LogP contribution in [0.1, 0.15) is 13.3 Å². The Hall–Kier alpha value is -2.27. The van der Waals surface area contributed by atoms with Crippen LogP contribution < -0.4 is 21.2 Å². The fourth-order valence-corrected chi connectivity index (χ4v) is 2.43. The molecule has 0 fully saturated rings. The molecular formula is C16H17FN4. The minimum atomic E-state index is -0.284. The SMILES string of the molecule is CCC(N)[C@@H]1N=c2cccc(F)c2=CN1c1cccnc1. The summed E-state index contributed by atoms with van der Waals surface area (Å²) >= 11 is 0.